The van der Waals surface area contributed by atoms with Crippen LogP contribution in [0.5, 0.6) is 0 Å². The van der Waals surface area contributed by atoms with Crippen LogP contribution in [0.3, 0.4) is 0 Å². The Labute approximate surface area is 101 Å². The molecule has 0 aromatic heterocycles. The maximum absolute atomic E-state index is 11.8. The van der Waals surface area contributed by atoms with E-state index in [1.807, 2.05) is 0 Å². The van der Waals surface area contributed by atoms with Crippen LogP contribution in [-0.2, 0) is 19.1 Å². The molecule has 2 unspecified atom stereocenters. The fourth-order valence-electron chi connectivity index (χ4n) is 4.04. The summed E-state index contributed by atoms with van der Waals surface area (Å²) >= 11 is 0. The van der Waals surface area contributed by atoms with Crippen LogP contribution in [-0.4, -0.2) is 46.6 Å². The first-order valence-corrected chi connectivity index (χ1v) is 5.70. The van der Waals surface area contributed by atoms with Gasteiger partial charge in [0.25, 0.3) is 0 Å². The molecule has 4 bridgehead atoms. The third kappa shape index (κ3) is 0.678. The molecule has 6 nitrogen and oxygen atoms in total. The van der Waals surface area contributed by atoms with Crippen LogP contribution in [0.15, 0.2) is 24.3 Å². The Bertz CT molecular complexity index is 461. The van der Waals surface area contributed by atoms with E-state index in [0.29, 0.717) is 0 Å². The summed E-state index contributed by atoms with van der Waals surface area (Å²) in [6.07, 6.45) is 3.59. The van der Waals surface area contributed by atoms with Gasteiger partial charge in [-0.2, -0.15) is 0 Å². The maximum atomic E-state index is 11.8. The predicted molar refractivity (Wildman–Crippen MR) is 55.7 cm³/mol. The summed E-state index contributed by atoms with van der Waals surface area (Å²) in [6.45, 7) is 0. The first-order valence-electron chi connectivity index (χ1n) is 5.70. The Morgan fingerprint density at radius 1 is 0.778 bits per heavy atom. The molecule has 18 heavy (non-hydrogen) atoms. The number of carboxylic acid groups (broad SMARTS) is 2. The van der Waals surface area contributed by atoms with Gasteiger partial charge in [-0.05, 0) is 0 Å². The average Bonchev–Trinajstić information content (AvgIpc) is 3.05. The Balaban J connectivity index is 2.06. The van der Waals surface area contributed by atoms with Crippen LogP contribution in [0.25, 0.3) is 0 Å². The van der Waals surface area contributed by atoms with Crippen molar-refractivity contribution in [2.75, 3.05) is 0 Å². The van der Waals surface area contributed by atoms with Crippen molar-refractivity contribution in [2.24, 2.45) is 10.8 Å². The van der Waals surface area contributed by atoms with Crippen LogP contribution in [0, 0.1) is 10.8 Å². The zero-order valence-corrected chi connectivity index (χ0v) is 9.15. The minimum atomic E-state index is -1.54. The van der Waals surface area contributed by atoms with E-state index >= 15 is 0 Å². The lowest BCUT2D eigenvalue weighted by molar-refractivity contribution is -0.170. The minimum Gasteiger partial charge on any atom is -0.481 e. The third-order valence-corrected chi connectivity index (χ3v) is 4.70. The van der Waals surface area contributed by atoms with Crippen LogP contribution in [0.4, 0.5) is 0 Å². The van der Waals surface area contributed by atoms with Crippen LogP contribution in [0.2, 0.25) is 0 Å². The first kappa shape index (κ1) is 10.3. The molecule has 0 aromatic rings. The van der Waals surface area contributed by atoms with Gasteiger partial charge in [-0.1, -0.05) is 24.3 Å². The second kappa shape index (κ2) is 2.67. The number of carboxylic acids is 2. The SMILES string of the molecule is O=C(O)C12[C@@H]3C=C[C@H](O3)C1(C(=O)O)[C@H]1C=C[C@H]2O1. The van der Waals surface area contributed by atoms with E-state index in [0.717, 1.165) is 0 Å². The molecule has 0 amide bonds. The Kier molecular flexibility index (Phi) is 1.53. The maximum Gasteiger partial charge on any atom is 0.317 e. The average molecular weight is 250 g/mol. The topological polar surface area (TPSA) is 93.1 Å². The lowest BCUT2D eigenvalue weighted by Gasteiger charge is -2.41. The summed E-state index contributed by atoms with van der Waals surface area (Å²) in [7, 11) is 0. The van der Waals surface area contributed by atoms with Gasteiger partial charge in [-0.3, -0.25) is 9.59 Å². The molecular weight excluding hydrogens is 240 g/mol. The second-order valence-corrected chi connectivity index (χ2v) is 5.07. The van der Waals surface area contributed by atoms with Gasteiger partial charge in [-0.25, -0.2) is 0 Å². The molecule has 0 radical (unpaired) electrons. The van der Waals surface area contributed by atoms with Crippen molar-refractivity contribution in [3.05, 3.63) is 24.3 Å². The fourth-order valence-corrected chi connectivity index (χ4v) is 4.04. The van der Waals surface area contributed by atoms with E-state index in [1.165, 1.54) is 0 Å². The monoisotopic (exact) mass is 250 g/mol. The van der Waals surface area contributed by atoms with Crippen molar-refractivity contribution in [3.63, 3.8) is 0 Å². The number of ether oxygens (including phenoxy) is 2. The second-order valence-electron chi connectivity index (χ2n) is 5.07. The number of hydrogen-bond donors (Lipinski definition) is 2. The molecule has 6 heteroatoms. The normalized spacial score (nSPS) is 54.0. The highest BCUT2D eigenvalue weighted by molar-refractivity contribution is 5.93. The van der Waals surface area contributed by atoms with Crippen LogP contribution < -0.4 is 0 Å². The van der Waals surface area contributed by atoms with E-state index in [9.17, 15) is 19.8 Å². The third-order valence-electron chi connectivity index (χ3n) is 4.70. The highest BCUT2D eigenvalue weighted by Gasteiger charge is 2.85. The zero-order valence-electron chi connectivity index (χ0n) is 9.15. The molecule has 2 saturated heterocycles. The molecule has 2 fully saturated rings. The predicted octanol–water partition coefficient (Wildman–Crippen LogP) is -0.197. The van der Waals surface area contributed by atoms with E-state index in [4.69, 9.17) is 9.47 Å². The van der Waals surface area contributed by atoms with Gasteiger partial charge in [-0.15, -0.1) is 0 Å². The quantitative estimate of drug-likeness (QED) is 0.659. The summed E-state index contributed by atoms with van der Waals surface area (Å²) in [5.74, 6) is -2.34. The standard InChI is InChI=1S/C12H10O6/c13-9(14)11-5-1-2-6(17-5)12(11,10(15)16)8-4-3-7(11)18-8/h1-8H,(H,13,14)(H,15,16)/t5-,6-,7+,8+,11?,12?. The highest BCUT2D eigenvalue weighted by Crippen LogP contribution is 2.68. The van der Waals surface area contributed by atoms with Gasteiger partial charge >= 0.3 is 11.9 Å². The largest absolute Gasteiger partial charge is 0.481 e. The van der Waals surface area contributed by atoms with Crippen molar-refractivity contribution in [2.45, 2.75) is 24.4 Å². The fraction of sp³-hybridized carbons (Fsp3) is 0.500. The molecule has 4 aliphatic rings. The molecule has 0 aromatic carbocycles. The van der Waals surface area contributed by atoms with Crippen molar-refractivity contribution in [1.82, 2.24) is 0 Å². The molecule has 4 aliphatic heterocycles. The number of aliphatic carboxylic acids is 2. The molecule has 94 valence electrons. The van der Waals surface area contributed by atoms with Gasteiger partial charge < -0.3 is 19.7 Å². The summed E-state index contributed by atoms with van der Waals surface area (Å²) in [5, 5.41) is 19.3. The Hall–Kier alpha value is -1.66. The van der Waals surface area contributed by atoms with Gasteiger partial charge in [0, 0.05) is 0 Å². The van der Waals surface area contributed by atoms with Crippen molar-refractivity contribution in [3.8, 4) is 0 Å². The lowest BCUT2D eigenvalue weighted by atomic mass is 9.53. The molecule has 6 atom stereocenters. The molecule has 0 aliphatic carbocycles. The van der Waals surface area contributed by atoms with Gasteiger partial charge in [0.2, 0.25) is 0 Å². The zero-order chi connectivity index (χ0) is 12.7. The van der Waals surface area contributed by atoms with E-state index < -0.39 is 47.2 Å². The lowest BCUT2D eigenvalue weighted by Crippen LogP contribution is -2.62. The van der Waals surface area contributed by atoms with E-state index in [1.54, 1.807) is 24.3 Å². The molecule has 4 heterocycles. The van der Waals surface area contributed by atoms with Gasteiger partial charge in [0.15, 0.2) is 0 Å². The summed E-state index contributed by atoms with van der Waals surface area (Å²) in [5.41, 5.74) is -3.09. The molecule has 4 rings (SSSR count). The summed E-state index contributed by atoms with van der Waals surface area (Å²) in [6, 6.07) is 0. The molecule has 0 saturated carbocycles. The van der Waals surface area contributed by atoms with Crippen molar-refractivity contribution >= 4 is 11.9 Å². The Morgan fingerprint density at radius 2 is 1.06 bits per heavy atom. The Morgan fingerprint density at radius 3 is 1.28 bits per heavy atom. The van der Waals surface area contributed by atoms with Gasteiger partial charge in [0.05, 0.1) is 24.4 Å². The minimum absolute atomic E-state index is 0.740. The number of hydrogen-bond acceptors (Lipinski definition) is 4. The van der Waals surface area contributed by atoms with E-state index in [2.05, 4.69) is 0 Å². The summed E-state index contributed by atoms with van der Waals surface area (Å²) < 4.78 is 11.1. The van der Waals surface area contributed by atoms with Crippen molar-refractivity contribution in [1.29, 1.82) is 0 Å². The highest BCUT2D eigenvalue weighted by atomic mass is 16.6. The van der Waals surface area contributed by atoms with Gasteiger partial charge in [0.1, 0.15) is 10.8 Å². The molecule has 0 spiro atoms. The number of carbonyl (C=O) groups is 2. The first-order chi connectivity index (χ1) is 8.56. The van der Waals surface area contributed by atoms with Crippen LogP contribution in [0.1, 0.15) is 0 Å². The molecule has 2 N–H and O–H groups in total. The smallest absolute Gasteiger partial charge is 0.317 e. The number of fused-ring (bicyclic) bond motifs is 9. The summed E-state index contributed by atoms with van der Waals surface area (Å²) in [4.78, 5) is 23.6. The van der Waals surface area contributed by atoms with Crippen molar-refractivity contribution < 1.29 is 29.3 Å². The van der Waals surface area contributed by atoms with Crippen LogP contribution >= 0.6 is 0 Å². The number of rotatable bonds is 2. The van der Waals surface area contributed by atoms with E-state index in [-0.39, 0.29) is 0 Å². The molecular formula is C12H10O6.